The van der Waals surface area contributed by atoms with Gasteiger partial charge in [0.2, 0.25) is 5.95 Å². The summed E-state index contributed by atoms with van der Waals surface area (Å²) in [5.41, 5.74) is 5.62. The van der Waals surface area contributed by atoms with E-state index in [1.807, 2.05) is 0 Å². The summed E-state index contributed by atoms with van der Waals surface area (Å²) < 4.78 is 0.554. The number of halogens is 1. The van der Waals surface area contributed by atoms with Gasteiger partial charge in [0.05, 0.1) is 4.92 Å². The van der Waals surface area contributed by atoms with Crippen molar-refractivity contribution < 1.29 is 4.92 Å². The molecule has 1 aromatic carbocycles. The number of nitro groups is 1. The second kappa shape index (κ2) is 3.89. The van der Waals surface area contributed by atoms with Gasteiger partial charge in [-0.1, -0.05) is 6.07 Å². The Morgan fingerprint density at radius 2 is 2.25 bits per heavy atom. The van der Waals surface area contributed by atoms with Gasteiger partial charge in [-0.3, -0.25) is 15.2 Å². The Kier molecular flexibility index (Phi) is 2.57. The first kappa shape index (κ1) is 10.6. The van der Waals surface area contributed by atoms with Crippen LogP contribution in [0.2, 0.25) is 0 Å². The fourth-order valence-corrected chi connectivity index (χ4v) is 1.83. The quantitative estimate of drug-likeness (QED) is 0.644. The molecule has 8 heteroatoms. The van der Waals surface area contributed by atoms with Gasteiger partial charge in [0.25, 0.3) is 5.69 Å². The normalized spacial score (nSPS) is 10.3. The number of nitrogen functional groups attached to an aromatic ring is 1. The molecule has 0 saturated heterocycles. The second-order valence-electron chi connectivity index (χ2n) is 2.93. The van der Waals surface area contributed by atoms with E-state index in [2.05, 4.69) is 31.1 Å². The van der Waals surface area contributed by atoms with E-state index in [0.717, 1.165) is 0 Å². The fraction of sp³-hybridized carbons (Fsp3) is 0. The Morgan fingerprint density at radius 1 is 1.50 bits per heavy atom. The summed E-state index contributed by atoms with van der Waals surface area (Å²) in [7, 11) is 0. The van der Waals surface area contributed by atoms with Crippen LogP contribution in [0.3, 0.4) is 0 Å². The molecule has 0 bridgehead atoms. The van der Waals surface area contributed by atoms with E-state index in [9.17, 15) is 10.1 Å². The van der Waals surface area contributed by atoms with Gasteiger partial charge in [-0.2, -0.15) is 4.98 Å². The molecule has 7 nitrogen and oxygen atoms in total. The Bertz CT molecular complexity index is 553. The summed E-state index contributed by atoms with van der Waals surface area (Å²) in [6, 6.07) is 4.64. The highest BCUT2D eigenvalue weighted by molar-refractivity contribution is 9.10. The van der Waals surface area contributed by atoms with Crippen molar-refractivity contribution in [3.63, 3.8) is 0 Å². The van der Waals surface area contributed by atoms with Crippen molar-refractivity contribution >= 4 is 27.6 Å². The Labute approximate surface area is 98.0 Å². The molecule has 0 radical (unpaired) electrons. The smallest absolute Gasteiger partial charge is 0.281 e. The highest BCUT2D eigenvalue weighted by Crippen LogP contribution is 2.34. The molecule has 0 atom stereocenters. The van der Waals surface area contributed by atoms with Crippen molar-refractivity contribution in [3.05, 3.63) is 32.8 Å². The molecule has 0 aliphatic heterocycles. The number of benzene rings is 1. The number of hydrogen-bond donors (Lipinski definition) is 2. The molecule has 0 aliphatic rings. The summed E-state index contributed by atoms with van der Waals surface area (Å²) >= 11 is 3.23. The minimum absolute atomic E-state index is 0.0417. The van der Waals surface area contributed by atoms with Crippen LogP contribution in [0.4, 0.5) is 11.6 Å². The monoisotopic (exact) mass is 283 g/mol. The number of nitro benzene ring substituents is 1. The van der Waals surface area contributed by atoms with Crippen LogP contribution in [0, 0.1) is 10.1 Å². The van der Waals surface area contributed by atoms with Crippen molar-refractivity contribution in [1.29, 1.82) is 0 Å². The van der Waals surface area contributed by atoms with Crippen molar-refractivity contribution in [2.24, 2.45) is 0 Å². The average molecular weight is 284 g/mol. The third kappa shape index (κ3) is 1.74. The molecule has 1 aromatic heterocycles. The molecule has 0 unspecified atom stereocenters. The summed E-state index contributed by atoms with van der Waals surface area (Å²) in [4.78, 5) is 14.2. The molecule has 1 heterocycles. The summed E-state index contributed by atoms with van der Waals surface area (Å²) in [6.07, 6.45) is 0. The molecular weight excluding hydrogens is 278 g/mol. The Morgan fingerprint density at radius 3 is 2.81 bits per heavy atom. The van der Waals surface area contributed by atoms with Crippen LogP contribution in [0.25, 0.3) is 11.4 Å². The SMILES string of the molecule is Nc1n[nH]c(-c2c(Br)cccc2[N+](=O)[O-])n1. The van der Waals surface area contributed by atoms with E-state index in [0.29, 0.717) is 10.0 Å². The summed E-state index contributed by atoms with van der Waals surface area (Å²) in [5, 5.41) is 17.0. The number of hydrogen-bond acceptors (Lipinski definition) is 5. The number of aromatic nitrogens is 3. The standard InChI is InChI=1S/C8H6BrN5O2/c9-4-2-1-3-5(14(15)16)6(4)7-11-8(10)13-12-7/h1-3H,(H3,10,11,12,13). The number of rotatable bonds is 2. The first-order chi connectivity index (χ1) is 7.59. The van der Waals surface area contributed by atoms with Crippen LogP contribution >= 0.6 is 15.9 Å². The van der Waals surface area contributed by atoms with Gasteiger partial charge in [-0.25, -0.2) is 0 Å². The fourth-order valence-electron chi connectivity index (χ4n) is 1.29. The van der Waals surface area contributed by atoms with E-state index in [-0.39, 0.29) is 17.5 Å². The molecule has 0 amide bonds. The van der Waals surface area contributed by atoms with Crippen LogP contribution in [0.15, 0.2) is 22.7 Å². The van der Waals surface area contributed by atoms with Crippen molar-refractivity contribution in [2.45, 2.75) is 0 Å². The van der Waals surface area contributed by atoms with Gasteiger partial charge in [-0.15, -0.1) is 5.10 Å². The lowest BCUT2D eigenvalue weighted by molar-refractivity contribution is -0.384. The highest BCUT2D eigenvalue weighted by Gasteiger charge is 2.20. The molecule has 3 N–H and O–H groups in total. The molecule has 0 saturated carbocycles. The van der Waals surface area contributed by atoms with Crippen LogP contribution in [-0.2, 0) is 0 Å². The molecule has 0 aliphatic carbocycles. The zero-order valence-corrected chi connectivity index (χ0v) is 9.43. The predicted octanol–water partition coefficient (Wildman–Crippen LogP) is 1.72. The molecule has 0 fully saturated rings. The number of nitrogens with one attached hydrogen (secondary N) is 1. The third-order valence-electron chi connectivity index (χ3n) is 1.93. The highest BCUT2D eigenvalue weighted by atomic mass is 79.9. The number of H-pyrrole nitrogens is 1. The Balaban J connectivity index is 2.67. The molecule has 82 valence electrons. The summed E-state index contributed by atoms with van der Waals surface area (Å²) in [5.74, 6) is 0.303. The molecule has 2 aromatic rings. The van der Waals surface area contributed by atoms with Crippen molar-refractivity contribution in [1.82, 2.24) is 15.2 Å². The largest absolute Gasteiger partial charge is 0.366 e. The molecular formula is C8H6BrN5O2. The van der Waals surface area contributed by atoms with Gasteiger partial charge >= 0.3 is 0 Å². The minimum Gasteiger partial charge on any atom is -0.366 e. The van der Waals surface area contributed by atoms with Crippen LogP contribution < -0.4 is 5.73 Å². The topological polar surface area (TPSA) is 111 Å². The second-order valence-corrected chi connectivity index (χ2v) is 3.79. The lowest BCUT2D eigenvalue weighted by atomic mass is 10.2. The van der Waals surface area contributed by atoms with Gasteiger partial charge in [-0.05, 0) is 22.0 Å². The van der Waals surface area contributed by atoms with Gasteiger partial charge < -0.3 is 5.73 Å². The molecule has 0 spiro atoms. The zero-order chi connectivity index (χ0) is 11.7. The van der Waals surface area contributed by atoms with Crippen molar-refractivity contribution in [2.75, 3.05) is 5.73 Å². The van der Waals surface area contributed by atoms with Crippen molar-refractivity contribution in [3.8, 4) is 11.4 Å². The average Bonchev–Trinajstić information content (AvgIpc) is 2.64. The predicted molar refractivity (Wildman–Crippen MR) is 60.6 cm³/mol. The van der Waals surface area contributed by atoms with E-state index in [1.54, 1.807) is 12.1 Å². The maximum absolute atomic E-state index is 10.8. The number of nitrogens with zero attached hydrogens (tertiary/aromatic N) is 3. The third-order valence-corrected chi connectivity index (χ3v) is 2.59. The lowest BCUT2D eigenvalue weighted by Gasteiger charge is -2.01. The van der Waals surface area contributed by atoms with Crippen LogP contribution in [-0.4, -0.2) is 20.1 Å². The Hall–Kier alpha value is -1.96. The van der Waals surface area contributed by atoms with Crippen LogP contribution in [0.5, 0.6) is 0 Å². The van der Waals surface area contributed by atoms with E-state index >= 15 is 0 Å². The van der Waals surface area contributed by atoms with Gasteiger partial charge in [0.1, 0.15) is 5.56 Å². The minimum atomic E-state index is -0.487. The summed E-state index contributed by atoms with van der Waals surface area (Å²) in [6.45, 7) is 0. The zero-order valence-electron chi connectivity index (χ0n) is 7.85. The maximum Gasteiger partial charge on any atom is 0.281 e. The van der Waals surface area contributed by atoms with Gasteiger partial charge in [0, 0.05) is 10.5 Å². The number of anilines is 1. The van der Waals surface area contributed by atoms with Crippen LogP contribution in [0.1, 0.15) is 0 Å². The first-order valence-electron chi connectivity index (χ1n) is 4.20. The van der Waals surface area contributed by atoms with Gasteiger partial charge in [0.15, 0.2) is 5.82 Å². The van der Waals surface area contributed by atoms with E-state index < -0.39 is 4.92 Å². The number of nitrogens with two attached hydrogens (primary N) is 1. The lowest BCUT2D eigenvalue weighted by Crippen LogP contribution is -1.94. The molecule has 16 heavy (non-hydrogen) atoms. The first-order valence-corrected chi connectivity index (χ1v) is 5.00. The van der Waals surface area contributed by atoms with E-state index in [4.69, 9.17) is 5.73 Å². The number of aromatic amines is 1. The maximum atomic E-state index is 10.8. The molecule has 2 rings (SSSR count). The van der Waals surface area contributed by atoms with E-state index in [1.165, 1.54) is 6.07 Å².